The standard InChI is InChI=1S/C13H18N2O3.ClH/c1-3-7-15-8-10-5-4-6-11(17-2)13(10)18-9-12(14)16;/h3-6,15H,1,7-9H2,2H3,(H2,14,16);1H. The number of rotatable bonds is 8. The summed E-state index contributed by atoms with van der Waals surface area (Å²) < 4.78 is 10.6. The predicted octanol–water partition coefficient (Wildman–Crippen LogP) is -3.19. The lowest BCUT2D eigenvalue weighted by Crippen LogP contribution is -3.00. The molecule has 6 heteroatoms. The molecule has 4 N–H and O–H groups in total. The fourth-order valence-corrected chi connectivity index (χ4v) is 1.55. The molecular formula is C13H19ClN2O3. The highest BCUT2D eigenvalue weighted by molar-refractivity contribution is 5.75. The van der Waals surface area contributed by atoms with Gasteiger partial charge in [-0.25, -0.2) is 0 Å². The van der Waals surface area contributed by atoms with Crippen molar-refractivity contribution < 1.29 is 32.0 Å². The number of nitrogens with two attached hydrogens (primary N) is 2. The molecule has 0 heterocycles. The summed E-state index contributed by atoms with van der Waals surface area (Å²) >= 11 is 0. The summed E-state index contributed by atoms with van der Waals surface area (Å²) in [5.74, 6) is 0.654. The molecule has 0 unspecified atom stereocenters. The van der Waals surface area contributed by atoms with Gasteiger partial charge in [0.15, 0.2) is 18.1 Å². The van der Waals surface area contributed by atoms with Crippen molar-refractivity contribution in [3.8, 4) is 11.5 Å². The molecule has 0 saturated carbocycles. The highest BCUT2D eigenvalue weighted by atomic mass is 35.5. The number of ether oxygens (including phenoxy) is 2. The minimum atomic E-state index is -0.512. The van der Waals surface area contributed by atoms with Gasteiger partial charge in [-0.3, -0.25) is 4.79 Å². The molecule has 0 fully saturated rings. The van der Waals surface area contributed by atoms with Crippen LogP contribution >= 0.6 is 0 Å². The van der Waals surface area contributed by atoms with Crippen LogP contribution in [0.15, 0.2) is 30.9 Å². The van der Waals surface area contributed by atoms with Gasteiger partial charge in [-0.15, -0.1) is 0 Å². The van der Waals surface area contributed by atoms with E-state index in [4.69, 9.17) is 15.2 Å². The van der Waals surface area contributed by atoms with E-state index in [0.29, 0.717) is 11.5 Å². The number of carbonyl (C=O) groups is 1. The topological polar surface area (TPSA) is 78.2 Å². The Morgan fingerprint density at radius 2 is 2.26 bits per heavy atom. The molecule has 0 spiro atoms. The van der Waals surface area contributed by atoms with Crippen molar-refractivity contribution >= 4 is 5.91 Å². The van der Waals surface area contributed by atoms with Gasteiger partial charge in [0.25, 0.3) is 5.91 Å². The van der Waals surface area contributed by atoms with Crippen LogP contribution in [-0.2, 0) is 11.3 Å². The van der Waals surface area contributed by atoms with Crippen LogP contribution in [0.3, 0.4) is 0 Å². The van der Waals surface area contributed by atoms with E-state index in [-0.39, 0.29) is 19.0 Å². The lowest BCUT2D eigenvalue weighted by atomic mass is 10.2. The summed E-state index contributed by atoms with van der Waals surface area (Å²) in [7, 11) is 1.56. The average molecular weight is 287 g/mol. The summed E-state index contributed by atoms with van der Waals surface area (Å²) in [4.78, 5) is 10.8. The molecule has 5 nitrogen and oxygen atoms in total. The number of amides is 1. The van der Waals surface area contributed by atoms with Crippen molar-refractivity contribution in [3.63, 3.8) is 0 Å². The average Bonchev–Trinajstić information content (AvgIpc) is 2.37. The lowest BCUT2D eigenvalue weighted by Gasteiger charge is -2.13. The van der Waals surface area contributed by atoms with Gasteiger partial charge >= 0.3 is 0 Å². The van der Waals surface area contributed by atoms with E-state index in [0.717, 1.165) is 18.7 Å². The SMILES string of the molecule is C=CC[NH2+]Cc1cccc(OC)c1OCC(N)=O.[Cl-]. The highest BCUT2D eigenvalue weighted by Gasteiger charge is 2.12. The van der Waals surface area contributed by atoms with Gasteiger partial charge in [0, 0.05) is 0 Å². The Balaban J connectivity index is 0.00000324. The van der Waals surface area contributed by atoms with Crippen molar-refractivity contribution in [2.45, 2.75) is 6.54 Å². The zero-order valence-electron chi connectivity index (χ0n) is 10.9. The number of hydrogen-bond donors (Lipinski definition) is 2. The van der Waals surface area contributed by atoms with Crippen LogP contribution in [0.4, 0.5) is 0 Å². The monoisotopic (exact) mass is 286 g/mol. The molecule has 0 radical (unpaired) electrons. The van der Waals surface area contributed by atoms with E-state index < -0.39 is 5.91 Å². The third-order valence-electron chi connectivity index (χ3n) is 2.34. The first-order valence-corrected chi connectivity index (χ1v) is 5.68. The van der Waals surface area contributed by atoms with Crippen LogP contribution in [0.5, 0.6) is 11.5 Å². The number of carbonyl (C=O) groups excluding carboxylic acids is 1. The second-order valence-electron chi connectivity index (χ2n) is 3.72. The zero-order valence-corrected chi connectivity index (χ0v) is 11.7. The maximum atomic E-state index is 10.8. The van der Waals surface area contributed by atoms with Gasteiger partial charge in [0.2, 0.25) is 0 Å². The number of benzene rings is 1. The van der Waals surface area contributed by atoms with Crippen LogP contribution in [0.1, 0.15) is 5.56 Å². The molecule has 0 atom stereocenters. The first kappa shape index (κ1) is 17.3. The van der Waals surface area contributed by atoms with Gasteiger partial charge in [0.1, 0.15) is 6.54 Å². The van der Waals surface area contributed by atoms with E-state index in [1.165, 1.54) is 0 Å². The van der Waals surface area contributed by atoms with E-state index in [1.54, 1.807) is 13.2 Å². The van der Waals surface area contributed by atoms with Gasteiger partial charge in [-0.1, -0.05) is 12.6 Å². The van der Waals surface area contributed by atoms with Gasteiger partial charge < -0.3 is 32.9 Å². The first-order chi connectivity index (χ1) is 8.69. The molecule has 0 aliphatic carbocycles. The van der Waals surface area contributed by atoms with Crippen molar-refractivity contribution in [2.75, 3.05) is 20.3 Å². The second-order valence-corrected chi connectivity index (χ2v) is 3.72. The Labute approximate surface area is 119 Å². The summed E-state index contributed by atoms with van der Waals surface area (Å²) in [6.45, 7) is 5.03. The molecule has 1 aromatic rings. The smallest absolute Gasteiger partial charge is 0.255 e. The van der Waals surface area contributed by atoms with Crippen LogP contribution in [0, 0.1) is 0 Å². The van der Waals surface area contributed by atoms with Crippen LogP contribution in [-0.4, -0.2) is 26.2 Å². The zero-order chi connectivity index (χ0) is 13.4. The summed E-state index contributed by atoms with van der Waals surface area (Å²) in [5.41, 5.74) is 6.03. The molecule has 19 heavy (non-hydrogen) atoms. The minimum Gasteiger partial charge on any atom is -1.00 e. The Kier molecular flexibility index (Phi) is 8.41. The van der Waals surface area contributed by atoms with Gasteiger partial charge in [0.05, 0.1) is 19.2 Å². The van der Waals surface area contributed by atoms with Crippen molar-refractivity contribution in [1.82, 2.24) is 0 Å². The third kappa shape index (κ3) is 5.63. The molecule has 1 amide bonds. The Morgan fingerprint density at radius 3 is 2.84 bits per heavy atom. The number of quaternary nitrogens is 1. The number of halogens is 1. The van der Waals surface area contributed by atoms with E-state index >= 15 is 0 Å². The van der Waals surface area contributed by atoms with E-state index in [2.05, 4.69) is 11.9 Å². The van der Waals surface area contributed by atoms with Crippen molar-refractivity contribution in [1.29, 1.82) is 0 Å². The highest BCUT2D eigenvalue weighted by Crippen LogP contribution is 2.30. The summed E-state index contributed by atoms with van der Waals surface area (Å²) in [6.07, 6.45) is 1.82. The van der Waals surface area contributed by atoms with Gasteiger partial charge in [-0.05, 0) is 18.2 Å². The van der Waals surface area contributed by atoms with Crippen LogP contribution in [0.2, 0.25) is 0 Å². The molecule has 0 bridgehead atoms. The fourth-order valence-electron chi connectivity index (χ4n) is 1.55. The molecule has 0 saturated heterocycles. The molecule has 0 aliphatic rings. The van der Waals surface area contributed by atoms with Crippen molar-refractivity contribution in [2.24, 2.45) is 5.73 Å². The third-order valence-corrected chi connectivity index (χ3v) is 2.34. The number of primary amides is 1. The fraction of sp³-hybridized carbons (Fsp3) is 0.308. The van der Waals surface area contributed by atoms with Crippen LogP contribution in [0.25, 0.3) is 0 Å². The first-order valence-electron chi connectivity index (χ1n) is 5.68. The largest absolute Gasteiger partial charge is 1.00 e. The summed E-state index contributed by atoms with van der Waals surface area (Å²) in [5, 5.41) is 2.07. The van der Waals surface area contributed by atoms with Crippen LogP contribution < -0.4 is 32.9 Å². The molecule has 0 aliphatic heterocycles. The predicted molar refractivity (Wildman–Crippen MR) is 68.4 cm³/mol. The number of hydrogen-bond acceptors (Lipinski definition) is 3. The Morgan fingerprint density at radius 1 is 1.53 bits per heavy atom. The van der Waals surface area contributed by atoms with E-state index in [1.807, 2.05) is 18.2 Å². The Bertz CT molecular complexity index is 424. The van der Waals surface area contributed by atoms with E-state index in [9.17, 15) is 4.79 Å². The number of para-hydroxylation sites is 1. The van der Waals surface area contributed by atoms with Gasteiger partial charge in [-0.2, -0.15) is 0 Å². The lowest BCUT2D eigenvalue weighted by molar-refractivity contribution is -0.662. The second kappa shape index (κ2) is 9.24. The maximum absolute atomic E-state index is 10.8. The quantitative estimate of drug-likeness (QED) is 0.391. The number of methoxy groups -OCH3 is 1. The molecule has 0 aromatic heterocycles. The minimum absolute atomic E-state index is 0. The molecular weight excluding hydrogens is 268 g/mol. The van der Waals surface area contributed by atoms with Crippen molar-refractivity contribution in [3.05, 3.63) is 36.4 Å². The normalized spacial score (nSPS) is 9.32. The Hall–Kier alpha value is -1.72. The molecule has 106 valence electrons. The molecule has 1 aromatic carbocycles. The summed E-state index contributed by atoms with van der Waals surface area (Å²) in [6, 6.07) is 5.60. The maximum Gasteiger partial charge on any atom is 0.255 e. The molecule has 1 rings (SSSR count).